The fraction of sp³-hybridized carbons (Fsp3) is 0.778. The molecule has 0 spiro atoms. The highest BCUT2D eigenvalue weighted by Gasteiger charge is 2.26. The first kappa shape index (κ1) is 24.2. The fourth-order valence-corrected chi connectivity index (χ4v) is 2.17. The zero-order chi connectivity index (χ0) is 19.8. The molecule has 0 aliphatic carbocycles. The molecule has 2 amide bonds. The molecule has 0 aromatic heterocycles. The second kappa shape index (κ2) is 15.5. The van der Waals surface area contributed by atoms with Gasteiger partial charge in [-0.3, -0.25) is 0 Å². The van der Waals surface area contributed by atoms with E-state index in [0.29, 0.717) is 6.42 Å². The van der Waals surface area contributed by atoms with Crippen LogP contribution in [0.5, 0.6) is 0 Å². The van der Waals surface area contributed by atoms with Gasteiger partial charge in [-0.25, -0.2) is 20.0 Å². The molecule has 0 heterocycles. The number of methoxy groups -OCH3 is 2. The highest BCUT2D eigenvalue weighted by molar-refractivity contribution is 5.74. The van der Waals surface area contributed by atoms with Gasteiger partial charge in [0.05, 0.1) is 19.3 Å². The van der Waals surface area contributed by atoms with E-state index in [1.807, 2.05) is 19.9 Å². The summed E-state index contributed by atoms with van der Waals surface area (Å²) in [6, 6.07) is -0.323. The van der Waals surface area contributed by atoms with Crippen molar-refractivity contribution in [1.29, 1.82) is 0 Å². The monoisotopic (exact) mass is 374 g/mol. The second-order valence-electron chi connectivity index (χ2n) is 6.02. The average molecular weight is 374 g/mol. The van der Waals surface area contributed by atoms with Crippen molar-refractivity contribution >= 4 is 12.2 Å². The molecule has 0 aliphatic rings. The average Bonchev–Trinajstić information content (AvgIpc) is 2.59. The van der Waals surface area contributed by atoms with Crippen molar-refractivity contribution in [2.45, 2.75) is 52.5 Å². The smallest absolute Gasteiger partial charge is 0.429 e. The van der Waals surface area contributed by atoms with E-state index < -0.39 is 12.2 Å². The molecular weight excluding hydrogens is 340 g/mol. The van der Waals surface area contributed by atoms with E-state index in [-0.39, 0.29) is 32.5 Å². The van der Waals surface area contributed by atoms with Gasteiger partial charge in [-0.15, -0.1) is 0 Å². The van der Waals surface area contributed by atoms with Crippen LogP contribution in [0.2, 0.25) is 0 Å². The number of rotatable bonds is 12. The van der Waals surface area contributed by atoms with E-state index in [0.717, 1.165) is 24.8 Å². The van der Waals surface area contributed by atoms with E-state index in [1.54, 1.807) is 0 Å². The molecule has 0 aliphatic heterocycles. The van der Waals surface area contributed by atoms with E-state index in [2.05, 4.69) is 12.3 Å². The van der Waals surface area contributed by atoms with Crippen molar-refractivity contribution in [2.75, 3.05) is 40.6 Å². The maximum absolute atomic E-state index is 12.5. The van der Waals surface area contributed by atoms with Crippen LogP contribution in [0.3, 0.4) is 0 Å². The third-order valence-electron chi connectivity index (χ3n) is 3.40. The molecule has 0 aromatic rings. The molecule has 26 heavy (non-hydrogen) atoms. The summed E-state index contributed by atoms with van der Waals surface area (Å²) in [5.74, 6) is 0. The predicted octanol–water partition coefficient (Wildman–Crippen LogP) is 3.27. The first-order valence-electron chi connectivity index (χ1n) is 8.98. The molecule has 1 atom stereocenters. The molecule has 0 aromatic carbocycles. The lowest BCUT2D eigenvalue weighted by atomic mass is 10.1. The molecule has 0 rings (SSSR count). The SMILES string of the molecule is CCCCCC(C=C(C)C)N(NC(=O)OCCOC)C(=O)OCCOC. The third-order valence-corrected chi connectivity index (χ3v) is 3.40. The van der Waals surface area contributed by atoms with Gasteiger partial charge in [-0.2, -0.15) is 0 Å². The van der Waals surface area contributed by atoms with Crippen LogP contribution < -0.4 is 5.43 Å². The highest BCUT2D eigenvalue weighted by Crippen LogP contribution is 2.14. The number of hydrogen-bond donors (Lipinski definition) is 1. The number of nitrogens with zero attached hydrogens (tertiary/aromatic N) is 1. The van der Waals surface area contributed by atoms with E-state index in [4.69, 9.17) is 18.9 Å². The molecular formula is C18H34N2O6. The number of unbranched alkanes of at least 4 members (excludes halogenated alkanes) is 2. The number of amides is 2. The zero-order valence-corrected chi connectivity index (χ0v) is 16.7. The van der Waals surface area contributed by atoms with Crippen molar-refractivity contribution in [2.24, 2.45) is 0 Å². The van der Waals surface area contributed by atoms with Crippen LogP contribution in [-0.2, 0) is 18.9 Å². The zero-order valence-electron chi connectivity index (χ0n) is 16.7. The summed E-state index contributed by atoms with van der Waals surface area (Å²) >= 11 is 0. The van der Waals surface area contributed by atoms with Crippen LogP contribution in [0.25, 0.3) is 0 Å². The standard InChI is InChI=1S/C18H34N2O6/c1-6-7-8-9-16(14-15(2)3)20(18(22)26-13-11-24-5)19-17(21)25-12-10-23-4/h14,16H,6-13H2,1-5H3,(H,19,21). The number of hydrazine groups is 1. The Balaban J connectivity index is 5.10. The van der Waals surface area contributed by atoms with Gasteiger partial charge in [0.1, 0.15) is 13.2 Å². The fourth-order valence-electron chi connectivity index (χ4n) is 2.17. The topological polar surface area (TPSA) is 86.3 Å². The summed E-state index contributed by atoms with van der Waals surface area (Å²) in [6.07, 6.45) is 4.29. The number of carbonyl (C=O) groups excluding carboxylic acids is 2. The summed E-state index contributed by atoms with van der Waals surface area (Å²) in [6.45, 7) is 6.75. The van der Waals surface area contributed by atoms with E-state index in [1.165, 1.54) is 19.2 Å². The van der Waals surface area contributed by atoms with Crippen LogP contribution in [0.1, 0.15) is 46.5 Å². The molecule has 0 bridgehead atoms. The number of hydrogen-bond acceptors (Lipinski definition) is 6. The van der Waals surface area contributed by atoms with Gasteiger partial charge >= 0.3 is 12.2 Å². The Labute approximate surface area is 156 Å². The van der Waals surface area contributed by atoms with Gasteiger partial charge in [0.25, 0.3) is 0 Å². The molecule has 8 nitrogen and oxygen atoms in total. The van der Waals surface area contributed by atoms with Crippen molar-refractivity contribution in [3.8, 4) is 0 Å². The van der Waals surface area contributed by atoms with Gasteiger partial charge < -0.3 is 18.9 Å². The maximum Gasteiger partial charge on any atom is 0.429 e. The molecule has 152 valence electrons. The number of carbonyl (C=O) groups is 2. The second-order valence-corrected chi connectivity index (χ2v) is 6.02. The van der Waals surface area contributed by atoms with Crippen molar-refractivity contribution < 1.29 is 28.5 Å². The van der Waals surface area contributed by atoms with Crippen LogP contribution in [0.15, 0.2) is 11.6 Å². The van der Waals surface area contributed by atoms with Gasteiger partial charge in [-0.1, -0.05) is 37.8 Å². The molecule has 0 saturated heterocycles. The van der Waals surface area contributed by atoms with Gasteiger partial charge in [0.15, 0.2) is 0 Å². The summed E-state index contributed by atoms with van der Waals surface area (Å²) in [7, 11) is 3.03. The minimum atomic E-state index is -0.728. The molecule has 0 saturated carbocycles. The minimum absolute atomic E-state index is 0.0953. The van der Waals surface area contributed by atoms with E-state index in [9.17, 15) is 9.59 Å². The van der Waals surface area contributed by atoms with Crippen LogP contribution in [0.4, 0.5) is 9.59 Å². The number of nitrogens with one attached hydrogen (secondary N) is 1. The first-order valence-corrected chi connectivity index (χ1v) is 8.98. The van der Waals surface area contributed by atoms with E-state index >= 15 is 0 Å². The lowest BCUT2D eigenvalue weighted by Gasteiger charge is -2.29. The minimum Gasteiger partial charge on any atom is -0.446 e. The van der Waals surface area contributed by atoms with Crippen LogP contribution in [-0.4, -0.2) is 63.9 Å². The maximum atomic E-state index is 12.5. The van der Waals surface area contributed by atoms with Crippen molar-refractivity contribution in [3.63, 3.8) is 0 Å². The quantitative estimate of drug-likeness (QED) is 0.320. The molecule has 1 unspecified atom stereocenters. The van der Waals surface area contributed by atoms with Crippen LogP contribution in [0, 0.1) is 0 Å². The molecule has 0 fully saturated rings. The van der Waals surface area contributed by atoms with Crippen molar-refractivity contribution in [3.05, 3.63) is 11.6 Å². The molecule has 8 heteroatoms. The lowest BCUT2D eigenvalue weighted by molar-refractivity contribution is 0.0386. The summed E-state index contributed by atoms with van der Waals surface area (Å²) in [5, 5.41) is 1.19. The Hall–Kier alpha value is -1.80. The predicted molar refractivity (Wildman–Crippen MR) is 98.8 cm³/mol. The summed E-state index contributed by atoms with van der Waals surface area (Å²) < 4.78 is 19.9. The van der Waals surface area contributed by atoms with Crippen molar-refractivity contribution in [1.82, 2.24) is 10.4 Å². The Bertz CT molecular complexity index is 424. The number of allylic oxidation sites excluding steroid dienone is 1. The normalized spacial score (nSPS) is 11.4. The summed E-state index contributed by atoms with van der Waals surface area (Å²) in [5.41, 5.74) is 3.53. The Morgan fingerprint density at radius 3 is 2.15 bits per heavy atom. The Morgan fingerprint density at radius 2 is 1.62 bits per heavy atom. The number of ether oxygens (including phenoxy) is 4. The largest absolute Gasteiger partial charge is 0.446 e. The highest BCUT2D eigenvalue weighted by atomic mass is 16.6. The van der Waals surface area contributed by atoms with Crippen LogP contribution >= 0.6 is 0 Å². The molecule has 0 radical (unpaired) electrons. The van der Waals surface area contributed by atoms with Gasteiger partial charge in [-0.05, 0) is 20.3 Å². The van der Waals surface area contributed by atoms with Gasteiger partial charge in [0.2, 0.25) is 0 Å². The third kappa shape index (κ3) is 11.7. The lowest BCUT2D eigenvalue weighted by Crippen LogP contribution is -2.52. The Morgan fingerprint density at radius 1 is 1.00 bits per heavy atom. The molecule has 1 N–H and O–H groups in total. The first-order chi connectivity index (χ1) is 12.5. The summed E-state index contributed by atoms with van der Waals surface area (Å²) in [4.78, 5) is 24.5. The Kier molecular flexibility index (Phi) is 14.4. The van der Waals surface area contributed by atoms with Gasteiger partial charge in [0, 0.05) is 14.2 Å².